The lowest BCUT2D eigenvalue weighted by molar-refractivity contribution is 0.220. The Morgan fingerprint density at radius 1 is 0.967 bits per heavy atom. The van der Waals surface area contributed by atoms with Crippen molar-refractivity contribution in [1.82, 2.24) is 0 Å². The Morgan fingerprint density at radius 2 is 1.80 bits per heavy atom. The van der Waals surface area contributed by atoms with Crippen molar-refractivity contribution in [2.45, 2.75) is 38.0 Å². The van der Waals surface area contributed by atoms with Crippen molar-refractivity contribution >= 4 is 11.6 Å². The summed E-state index contributed by atoms with van der Waals surface area (Å²) in [7, 11) is 3.53. The van der Waals surface area contributed by atoms with E-state index in [1.807, 2.05) is 12.1 Å². The molecule has 3 aliphatic carbocycles. The number of hydrogen-bond acceptors (Lipinski definition) is 2. The third-order valence-electron chi connectivity index (χ3n) is 7.49. The van der Waals surface area contributed by atoms with Crippen molar-refractivity contribution in [2.75, 3.05) is 14.2 Å². The molecule has 3 heteroatoms. The van der Waals surface area contributed by atoms with E-state index in [1.54, 1.807) is 14.2 Å². The SMILES string of the molecule is COC1=CCC([C@@H]2Cc3c(-c4ccc(Cl)cc4)cc(OC)cc3[C@@H]3CCC[C@@H]32)C=C1. The second-order valence-corrected chi connectivity index (χ2v) is 9.32. The van der Waals surface area contributed by atoms with Crippen LogP contribution in [0.3, 0.4) is 0 Å². The minimum atomic E-state index is 0.586. The van der Waals surface area contributed by atoms with Crippen molar-refractivity contribution < 1.29 is 9.47 Å². The van der Waals surface area contributed by atoms with E-state index in [1.165, 1.54) is 41.5 Å². The van der Waals surface area contributed by atoms with Gasteiger partial charge in [-0.1, -0.05) is 36.2 Å². The van der Waals surface area contributed by atoms with Crippen LogP contribution in [0.15, 0.2) is 60.4 Å². The quantitative estimate of drug-likeness (QED) is 0.521. The zero-order chi connectivity index (χ0) is 20.7. The van der Waals surface area contributed by atoms with Gasteiger partial charge in [0.2, 0.25) is 0 Å². The van der Waals surface area contributed by atoms with Crippen molar-refractivity contribution in [3.8, 4) is 16.9 Å². The maximum absolute atomic E-state index is 6.17. The molecule has 1 saturated carbocycles. The standard InChI is InChI=1S/C27H29ClO2/c1-29-20-12-8-18(9-13-20)25-16-27-24(17-6-10-19(28)11-7-17)14-21(30-2)15-26(27)23-5-3-4-22(23)25/h6-8,10-15,18,22-23,25H,3-5,9,16H2,1-2H3/t18?,22-,23+,25-/m0/s1. The normalized spacial score (nSPS) is 27.2. The van der Waals surface area contributed by atoms with Gasteiger partial charge in [-0.2, -0.15) is 0 Å². The Hall–Kier alpha value is -2.19. The first-order valence-electron chi connectivity index (χ1n) is 11.1. The van der Waals surface area contributed by atoms with Crippen molar-refractivity contribution in [1.29, 1.82) is 0 Å². The molecule has 1 fully saturated rings. The summed E-state index contributed by atoms with van der Waals surface area (Å²) >= 11 is 6.17. The van der Waals surface area contributed by atoms with Gasteiger partial charge in [0, 0.05) is 5.02 Å². The minimum Gasteiger partial charge on any atom is -0.497 e. The van der Waals surface area contributed by atoms with E-state index in [-0.39, 0.29) is 0 Å². The van der Waals surface area contributed by atoms with Gasteiger partial charge in [-0.15, -0.1) is 0 Å². The van der Waals surface area contributed by atoms with E-state index in [2.05, 4.69) is 42.5 Å². The first-order chi connectivity index (χ1) is 14.7. The fourth-order valence-corrected chi connectivity index (χ4v) is 6.19. The summed E-state index contributed by atoms with van der Waals surface area (Å²) in [6.45, 7) is 0. The van der Waals surface area contributed by atoms with Crippen LogP contribution in [0.2, 0.25) is 5.02 Å². The highest BCUT2D eigenvalue weighted by Gasteiger charge is 2.43. The molecule has 30 heavy (non-hydrogen) atoms. The zero-order valence-electron chi connectivity index (χ0n) is 17.7. The van der Waals surface area contributed by atoms with Gasteiger partial charge < -0.3 is 9.47 Å². The van der Waals surface area contributed by atoms with Gasteiger partial charge in [-0.25, -0.2) is 0 Å². The van der Waals surface area contributed by atoms with Gasteiger partial charge in [0.05, 0.1) is 14.2 Å². The van der Waals surface area contributed by atoms with Gasteiger partial charge in [-0.3, -0.25) is 0 Å². The molecule has 156 valence electrons. The zero-order valence-corrected chi connectivity index (χ0v) is 18.5. The lowest BCUT2D eigenvalue weighted by atomic mass is 9.64. The molecule has 2 nitrogen and oxygen atoms in total. The van der Waals surface area contributed by atoms with Crippen LogP contribution in [0.4, 0.5) is 0 Å². The number of allylic oxidation sites excluding steroid dienone is 3. The number of rotatable bonds is 4. The summed E-state index contributed by atoms with van der Waals surface area (Å²) in [5, 5.41) is 0.775. The van der Waals surface area contributed by atoms with Crippen LogP contribution >= 0.6 is 11.6 Å². The summed E-state index contributed by atoms with van der Waals surface area (Å²) in [5.74, 6) is 4.62. The molecule has 0 radical (unpaired) electrons. The Balaban J connectivity index is 1.58. The highest BCUT2D eigenvalue weighted by atomic mass is 35.5. The van der Waals surface area contributed by atoms with Gasteiger partial charge in [0.25, 0.3) is 0 Å². The Morgan fingerprint density at radius 3 is 2.50 bits per heavy atom. The summed E-state index contributed by atoms with van der Waals surface area (Å²) in [5.41, 5.74) is 5.57. The second-order valence-electron chi connectivity index (χ2n) is 8.89. The van der Waals surface area contributed by atoms with E-state index >= 15 is 0 Å². The first-order valence-corrected chi connectivity index (χ1v) is 11.4. The Bertz CT molecular complexity index is 989. The predicted molar refractivity (Wildman–Crippen MR) is 123 cm³/mol. The molecule has 0 aliphatic heterocycles. The fourth-order valence-electron chi connectivity index (χ4n) is 6.06. The van der Waals surface area contributed by atoms with E-state index in [0.29, 0.717) is 17.8 Å². The third-order valence-corrected chi connectivity index (χ3v) is 7.74. The van der Waals surface area contributed by atoms with Crippen LogP contribution in [-0.2, 0) is 11.2 Å². The fraction of sp³-hybridized carbons (Fsp3) is 0.407. The highest BCUT2D eigenvalue weighted by molar-refractivity contribution is 6.30. The van der Waals surface area contributed by atoms with Crippen molar-refractivity contribution in [3.63, 3.8) is 0 Å². The molecule has 0 heterocycles. The van der Waals surface area contributed by atoms with Gasteiger partial charge in [0.15, 0.2) is 0 Å². The first kappa shape index (κ1) is 19.8. The molecule has 0 amide bonds. The van der Waals surface area contributed by atoms with Gasteiger partial charge in [0.1, 0.15) is 11.5 Å². The monoisotopic (exact) mass is 420 g/mol. The van der Waals surface area contributed by atoms with Crippen LogP contribution < -0.4 is 4.74 Å². The van der Waals surface area contributed by atoms with Crippen LogP contribution in [-0.4, -0.2) is 14.2 Å². The lowest BCUT2D eigenvalue weighted by Gasteiger charge is -2.41. The number of halogens is 1. The van der Waals surface area contributed by atoms with Crippen molar-refractivity contribution in [3.05, 3.63) is 76.5 Å². The maximum atomic E-state index is 6.17. The molecular formula is C27H29ClO2. The maximum Gasteiger partial charge on any atom is 0.119 e. The van der Waals surface area contributed by atoms with Gasteiger partial charge >= 0.3 is 0 Å². The molecule has 0 saturated heterocycles. The molecule has 1 unspecified atom stereocenters. The van der Waals surface area contributed by atoms with Crippen LogP contribution in [0.25, 0.3) is 11.1 Å². The van der Waals surface area contributed by atoms with Crippen LogP contribution in [0.1, 0.15) is 42.7 Å². The number of methoxy groups -OCH3 is 2. The van der Waals surface area contributed by atoms with E-state index in [4.69, 9.17) is 21.1 Å². The number of ether oxygens (including phenoxy) is 2. The largest absolute Gasteiger partial charge is 0.497 e. The Kier molecular flexibility index (Phi) is 5.37. The van der Waals surface area contributed by atoms with Crippen LogP contribution in [0.5, 0.6) is 5.75 Å². The summed E-state index contributed by atoms with van der Waals surface area (Å²) in [6, 6.07) is 12.8. The molecule has 5 rings (SSSR count). The molecule has 3 aliphatic rings. The molecule has 2 aromatic carbocycles. The molecule has 0 N–H and O–H groups in total. The smallest absolute Gasteiger partial charge is 0.119 e. The molecule has 4 atom stereocenters. The van der Waals surface area contributed by atoms with E-state index in [0.717, 1.165) is 35.3 Å². The number of benzene rings is 2. The summed E-state index contributed by atoms with van der Waals surface area (Å²) in [4.78, 5) is 0. The number of hydrogen-bond donors (Lipinski definition) is 0. The predicted octanol–water partition coefficient (Wildman–Crippen LogP) is 7.18. The van der Waals surface area contributed by atoms with E-state index in [9.17, 15) is 0 Å². The Labute approximate surface area is 184 Å². The average Bonchev–Trinajstić information content (AvgIpc) is 3.29. The second kappa shape index (κ2) is 8.15. The third kappa shape index (κ3) is 3.46. The summed E-state index contributed by atoms with van der Waals surface area (Å²) < 4.78 is 11.2. The van der Waals surface area contributed by atoms with Gasteiger partial charge in [-0.05, 0) is 108 Å². The van der Waals surface area contributed by atoms with Crippen molar-refractivity contribution in [2.24, 2.45) is 17.8 Å². The molecule has 2 aromatic rings. The molecular weight excluding hydrogens is 392 g/mol. The highest BCUT2D eigenvalue weighted by Crippen LogP contribution is 2.54. The topological polar surface area (TPSA) is 18.5 Å². The lowest BCUT2D eigenvalue weighted by Crippen LogP contribution is -2.32. The summed E-state index contributed by atoms with van der Waals surface area (Å²) in [6.07, 6.45) is 13.0. The number of fused-ring (bicyclic) bond motifs is 3. The molecule has 0 aromatic heterocycles. The molecule has 0 spiro atoms. The van der Waals surface area contributed by atoms with E-state index < -0.39 is 0 Å². The molecule has 0 bridgehead atoms. The minimum absolute atomic E-state index is 0.586. The average molecular weight is 421 g/mol. The van der Waals surface area contributed by atoms with Crippen LogP contribution in [0, 0.1) is 17.8 Å².